The van der Waals surface area contributed by atoms with Gasteiger partial charge in [0.15, 0.2) is 9.84 Å². The van der Waals surface area contributed by atoms with Crippen LogP contribution in [0.1, 0.15) is 24.5 Å². The van der Waals surface area contributed by atoms with E-state index in [-0.39, 0.29) is 18.1 Å². The Balaban J connectivity index is 2.31. The summed E-state index contributed by atoms with van der Waals surface area (Å²) in [5.41, 5.74) is 1.21. The van der Waals surface area contributed by atoms with Crippen LogP contribution < -0.4 is 24.3 Å². The maximum Gasteiger partial charge on any atom is 0.227 e. The van der Waals surface area contributed by atoms with Crippen molar-refractivity contribution in [1.82, 2.24) is 0 Å². The number of methoxy groups -OCH3 is 4. The lowest BCUT2D eigenvalue weighted by Gasteiger charge is -2.14. The van der Waals surface area contributed by atoms with E-state index in [1.54, 1.807) is 31.2 Å². The molecule has 1 amide bonds. The second-order valence-electron chi connectivity index (χ2n) is 7.38. The third kappa shape index (κ3) is 6.98. The number of benzene rings is 2. The van der Waals surface area contributed by atoms with E-state index in [4.69, 9.17) is 18.9 Å². The molecule has 9 nitrogen and oxygen atoms in total. The van der Waals surface area contributed by atoms with E-state index in [2.05, 4.69) is 5.32 Å². The summed E-state index contributed by atoms with van der Waals surface area (Å²) in [6.45, 7) is 1.62. The first-order valence-corrected chi connectivity index (χ1v) is 12.0. The zero-order chi connectivity index (χ0) is 25.3. The number of ether oxygens (including phenoxy) is 4. The monoisotopic (exact) mass is 491 g/mol. The van der Waals surface area contributed by atoms with Gasteiger partial charge in [0.05, 0.1) is 45.4 Å². The third-order valence-electron chi connectivity index (χ3n) is 4.98. The van der Waals surface area contributed by atoms with Crippen LogP contribution in [0.2, 0.25) is 0 Å². The highest BCUT2D eigenvalue weighted by molar-refractivity contribution is 7.93. The van der Waals surface area contributed by atoms with Gasteiger partial charge in [-0.05, 0) is 23.8 Å². The quantitative estimate of drug-likeness (QED) is 0.449. The molecular formula is C24H29NO8S. The predicted molar refractivity (Wildman–Crippen MR) is 129 cm³/mol. The molecular weight excluding hydrogens is 462 g/mol. The molecule has 1 unspecified atom stereocenters. The summed E-state index contributed by atoms with van der Waals surface area (Å²) in [5.74, 6) is 0.431. The Morgan fingerprint density at radius 1 is 0.971 bits per heavy atom. The van der Waals surface area contributed by atoms with Crippen molar-refractivity contribution in [3.63, 3.8) is 0 Å². The number of anilines is 1. The minimum absolute atomic E-state index is 0.0747. The number of nitrogens with one attached hydrogen (secondary N) is 1. The average Bonchev–Trinajstić information content (AvgIpc) is 2.82. The van der Waals surface area contributed by atoms with Gasteiger partial charge in [-0.15, -0.1) is 0 Å². The van der Waals surface area contributed by atoms with Crippen LogP contribution in [0.4, 0.5) is 5.69 Å². The molecule has 0 heterocycles. The van der Waals surface area contributed by atoms with E-state index in [0.29, 0.717) is 46.1 Å². The molecule has 184 valence electrons. The van der Waals surface area contributed by atoms with Crippen molar-refractivity contribution in [3.8, 4) is 23.0 Å². The molecule has 0 fully saturated rings. The fourth-order valence-electron chi connectivity index (χ4n) is 3.10. The molecule has 0 aromatic heterocycles. The van der Waals surface area contributed by atoms with Gasteiger partial charge >= 0.3 is 0 Å². The van der Waals surface area contributed by atoms with Crippen LogP contribution >= 0.6 is 0 Å². The van der Waals surface area contributed by atoms with Gasteiger partial charge in [-0.25, -0.2) is 8.42 Å². The maximum absolute atomic E-state index is 12.8. The zero-order valence-corrected chi connectivity index (χ0v) is 20.6. The smallest absolute Gasteiger partial charge is 0.227 e. The fourth-order valence-corrected chi connectivity index (χ4v) is 4.18. The Morgan fingerprint density at radius 2 is 1.59 bits per heavy atom. The van der Waals surface area contributed by atoms with Gasteiger partial charge in [0, 0.05) is 29.9 Å². The molecule has 0 saturated heterocycles. The highest BCUT2D eigenvalue weighted by Crippen LogP contribution is 2.35. The van der Waals surface area contributed by atoms with E-state index in [9.17, 15) is 18.0 Å². The van der Waals surface area contributed by atoms with Crippen molar-refractivity contribution in [3.05, 3.63) is 46.9 Å². The highest BCUT2D eigenvalue weighted by Gasteiger charge is 2.17. The molecule has 1 atom stereocenters. The molecule has 34 heavy (non-hydrogen) atoms. The molecule has 10 heteroatoms. The van der Waals surface area contributed by atoms with E-state index >= 15 is 0 Å². The number of sulfone groups is 1. The van der Waals surface area contributed by atoms with Crippen LogP contribution in [-0.4, -0.2) is 49.1 Å². The number of aldehydes is 1. The number of carbonyl (C=O) groups excluding carboxylic acids is 2. The van der Waals surface area contributed by atoms with Crippen molar-refractivity contribution in [1.29, 1.82) is 0 Å². The first-order chi connectivity index (χ1) is 16.2. The van der Waals surface area contributed by atoms with Crippen molar-refractivity contribution >= 4 is 33.8 Å². The second-order valence-corrected chi connectivity index (χ2v) is 9.27. The van der Waals surface area contributed by atoms with Crippen LogP contribution in [0, 0.1) is 5.92 Å². The number of hydrogen-bond donors (Lipinski definition) is 1. The largest absolute Gasteiger partial charge is 0.496 e. The minimum Gasteiger partial charge on any atom is -0.496 e. The summed E-state index contributed by atoms with van der Waals surface area (Å²) in [6, 6.07) is 7.95. The summed E-state index contributed by atoms with van der Waals surface area (Å²) in [6.07, 6.45) is 2.15. The van der Waals surface area contributed by atoms with Crippen LogP contribution in [-0.2, 0) is 25.2 Å². The molecule has 0 aliphatic carbocycles. The van der Waals surface area contributed by atoms with Crippen molar-refractivity contribution in [2.75, 3.05) is 33.8 Å². The summed E-state index contributed by atoms with van der Waals surface area (Å²) >= 11 is 0. The molecule has 0 radical (unpaired) electrons. The first kappa shape index (κ1) is 26.7. The SMILES string of the molecule is COc1cc(OC)c(/C=C/S(=O)(=O)Cc2ccc(OC)c(NC(=O)C(C)CC=O)c2)c(OC)c1. The second kappa shape index (κ2) is 12.1. The molecule has 0 aliphatic rings. The maximum atomic E-state index is 12.8. The Labute approximate surface area is 199 Å². The number of hydrogen-bond acceptors (Lipinski definition) is 8. The van der Waals surface area contributed by atoms with Gasteiger partial charge < -0.3 is 29.1 Å². The van der Waals surface area contributed by atoms with Crippen molar-refractivity contribution < 1.29 is 37.0 Å². The Bertz CT molecular complexity index is 1130. The Kier molecular flexibility index (Phi) is 9.49. The zero-order valence-electron chi connectivity index (χ0n) is 19.8. The minimum atomic E-state index is -3.71. The van der Waals surface area contributed by atoms with Crippen LogP contribution in [0.25, 0.3) is 6.08 Å². The lowest BCUT2D eigenvalue weighted by atomic mass is 10.1. The molecule has 0 aliphatic heterocycles. The van der Waals surface area contributed by atoms with Crippen LogP contribution in [0.5, 0.6) is 23.0 Å². The van der Waals surface area contributed by atoms with Gasteiger partial charge in [0.1, 0.15) is 29.3 Å². The van der Waals surface area contributed by atoms with E-state index in [0.717, 1.165) is 5.41 Å². The summed E-state index contributed by atoms with van der Waals surface area (Å²) < 4.78 is 46.8. The number of rotatable bonds is 12. The summed E-state index contributed by atoms with van der Waals surface area (Å²) in [5, 5.41) is 3.77. The Hall–Kier alpha value is -3.53. The lowest BCUT2D eigenvalue weighted by Crippen LogP contribution is -2.21. The normalized spacial score (nSPS) is 12.1. The number of carbonyl (C=O) groups is 2. The molecule has 2 rings (SSSR count). The topological polar surface area (TPSA) is 117 Å². The molecule has 2 aromatic rings. The average molecular weight is 492 g/mol. The lowest BCUT2D eigenvalue weighted by molar-refractivity contribution is -0.121. The van der Waals surface area contributed by atoms with Crippen molar-refractivity contribution in [2.24, 2.45) is 5.92 Å². The molecule has 0 bridgehead atoms. The molecule has 0 saturated carbocycles. The van der Waals surface area contributed by atoms with E-state index < -0.39 is 15.8 Å². The van der Waals surface area contributed by atoms with E-state index in [1.165, 1.54) is 40.6 Å². The van der Waals surface area contributed by atoms with Crippen molar-refractivity contribution in [2.45, 2.75) is 19.1 Å². The van der Waals surface area contributed by atoms with E-state index in [1.807, 2.05) is 0 Å². The standard InChI is InChI=1S/C24H29NO8S/c1-16(8-10-26)24(27)25-20-12-17(6-7-21(20)31-3)15-34(28,29)11-9-19-22(32-4)13-18(30-2)14-23(19)33-5/h6-7,9-14,16H,8,15H2,1-5H3,(H,25,27)/b11-9+. The van der Waals surface area contributed by atoms with Crippen LogP contribution in [0.15, 0.2) is 35.7 Å². The van der Waals surface area contributed by atoms with Crippen LogP contribution in [0.3, 0.4) is 0 Å². The molecule has 2 aromatic carbocycles. The molecule has 1 N–H and O–H groups in total. The number of amides is 1. The third-order valence-corrected chi connectivity index (χ3v) is 6.27. The summed E-state index contributed by atoms with van der Waals surface area (Å²) in [7, 11) is 2.15. The van der Waals surface area contributed by atoms with Gasteiger partial charge in [0.25, 0.3) is 0 Å². The van der Waals surface area contributed by atoms with Gasteiger partial charge in [0.2, 0.25) is 5.91 Å². The predicted octanol–water partition coefficient (Wildman–Crippen LogP) is 3.47. The summed E-state index contributed by atoms with van der Waals surface area (Å²) in [4.78, 5) is 23.0. The Morgan fingerprint density at radius 3 is 2.12 bits per heavy atom. The first-order valence-electron chi connectivity index (χ1n) is 10.3. The van der Waals surface area contributed by atoms with Gasteiger partial charge in [-0.3, -0.25) is 4.79 Å². The van der Waals surface area contributed by atoms with Gasteiger partial charge in [-0.2, -0.15) is 0 Å². The van der Waals surface area contributed by atoms with Gasteiger partial charge in [-0.1, -0.05) is 13.0 Å². The fraction of sp³-hybridized carbons (Fsp3) is 0.333. The highest BCUT2D eigenvalue weighted by atomic mass is 32.2. The molecule has 0 spiro atoms.